The van der Waals surface area contributed by atoms with Gasteiger partial charge in [0.25, 0.3) is 4.83 Å². The molecule has 13 heavy (non-hydrogen) atoms. The highest BCUT2D eigenvalue weighted by Crippen LogP contribution is 2.29. The molecule has 2 aromatic heterocycles. The lowest BCUT2D eigenvalue weighted by atomic mass is 10.2. The van der Waals surface area contributed by atoms with Crippen molar-refractivity contribution in [1.29, 1.82) is 5.26 Å². The zero-order valence-electron chi connectivity index (χ0n) is 6.32. The van der Waals surface area contributed by atoms with Crippen molar-refractivity contribution in [2.45, 2.75) is 0 Å². The van der Waals surface area contributed by atoms with E-state index in [9.17, 15) is 5.21 Å². The summed E-state index contributed by atoms with van der Waals surface area (Å²) < 4.78 is 1.66. The molecule has 2 rings (SSSR count). The summed E-state index contributed by atoms with van der Waals surface area (Å²) in [6, 6.07) is 5.54. The van der Waals surface area contributed by atoms with Crippen LogP contribution in [0.1, 0.15) is 5.56 Å². The normalized spacial score (nSPS) is 10.2. The molecule has 64 valence electrons. The molecule has 0 amide bonds. The Bertz CT molecular complexity index is 515. The van der Waals surface area contributed by atoms with Crippen molar-refractivity contribution >= 4 is 44.1 Å². The van der Waals surface area contributed by atoms with Crippen LogP contribution in [0.25, 0.3) is 10.2 Å². The smallest absolute Gasteiger partial charge is 0.282 e. The molecule has 0 aromatic carbocycles. The lowest BCUT2D eigenvalue weighted by molar-refractivity contribution is -0.574. The van der Waals surface area contributed by atoms with E-state index in [1.54, 1.807) is 12.1 Å². The van der Waals surface area contributed by atoms with E-state index in [4.69, 9.17) is 5.26 Å². The lowest BCUT2D eigenvalue weighted by Crippen LogP contribution is -2.24. The molecule has 0 aliphatic rings. The van der Waals surface area contributed by atoms with Gasteiger partial charge < -0.3 is 5.21 Å². The van der Waals surface area contributed by atoms with Gasteiger partial charge in [0.15, 0.2) is 6.20 Å². The minimum absolute atomic E-state index is 0.600. The molecule has 0 saturated carbocycles. The van der Waals surface area contributed by atoms with E-state index in [2.05, 4.69) is 28.7 Å². The fourth-order valence-electron chi connectivity index (χ4n) is 1.11. The number of rotatable bonds is 0. The Kier molecular flexibility index (Phi) is 2.09. The maximum absolute atomic E-state index is 11.3. The number of nitrogens with zero attached hydrogens (tertiary/aromatic N) is 2. The van der Waals surface area contributed by atoms with Crippen LogP contribution in [0.2, 0.25) is 0 Å². The van der Waals surface area contributed by atoms with E-state index in [0.29, 0.717) is 10.4 Å². The molecular formula is C8H3IN2OS. The Labute approximate surface area is 92.0 Å². The molecule has 0 radical (unpaired) electrons. The van der Waals surface area contributed by atoms with Gasteiger partial charge in [-0.15, -0.1) is 0 Å². The lowest BCUT2D eigenvalue weighted by Gasteiger charge is -1.93. The van der Waals surface area contributed by atoms with E-state index in [1.807, 2.05) is 0 Å². The van der Waals surface area contributed by atoms with Gasteiger partial charge in [0.2, 0.25) is 0 Å². The summed E-state index contributed by atoms with van der Waals surface area (Å²) in [5.41, 5.74) is 0.603. The number of fused-ring (bicyclic) bond motifs is 1. The summed E-state index contributed by atoms with van der Waals surface area (Å²) in [6.45, 7) is 0. The summed E-state index contributed by atoms with van der Waals surface area (Å²) in [7, 11) is 0. The second kappa shape index (κ2) is 3.12. The predicted octanol–water partition coefficient (Wildman–Crippen LogP) is 2.01. The van der Waals surface area contributed by atoms with Crippen LogP contribution in [0.15, 0.2) is 18.3 Å². The number of hydrogen-bond donors (Lipinski definition) is 0. The summed E-state index contributed by atoms with van der Waals surface area (Å²) >= 11 is 3.42. The summed E-state index contributed by atoms with van der Waals surface area (Å²) in [4.78, 5) is 0.600. The van der Waals surface area contributed by atoms with Gasteiger partial charge in [-0.25, -0.2) is 0 Å². The van der Waals surface area contributed by atoms with Crippen LogP contribution in [0.3, 0.4) is 0 Å². The molecule has 0 saturated heterocycles. The molecule has 3 nitrogen and oxygen atoms in total. The van der Waals surface area contributed by atoms with Crippen molar-refractivity contribution in [1.82, 2.24) is 0 Å². The summed E-state index contributed by atoms with van der Waals surface area (Å²) in [5, 5.41) is 20.9. The number of nitriles is 1. The van der Waals surface area contributed by atoms with Crippen molar-refractivity contribution in [3.05, 3.63) is 32.0 Å². The molecule has 0 atom stereocenters. The number of halogens is 1. The van der Waals surface area contributed by atoms with Crippen molar-refractivity contribution in [2.24, 2.45) is 0 Å². The van der Waals surface area contributed by atoms with Crippen LogP contribution < -0.4 is 4.73 Å². The van der Waals surface area contributed by atoms with Gasteiger partial charge in [0.05, 0.1) is 13.8 Å². The molecule has 0 aliphatic heterocycles. The van der Waals surface area contributed by atoms with Gasteiger partial charge in [-0.2, -0.15) is 9.99 Å². The first kappa shape index (κ1) is 8.72. The van der Waals surface area contributed by atoms with Gasteiger partial charge in [-0.3, -0.25) is 0 Å². The molecule has 5 heteroatoms. The maximum Gasteiger partial charge on any atom is 0.282 e. The van der Waals surface area contributed by atoms with Gasteiger partial charge in [0.1, 0.15) is 6.07 Å². The van der Waals surface area contributed by atoms with Gasteiger partial charge in [0, 0.05) is 6.07 Å². The first-order valence-electron chi connectivity index (χ1n) is 3.44. The molecule has 0 N–H and O–H groups in total. The predicted molar refractivity (Wildman–Crippen MR) is 58.2 cm³/mol. The van der Waals surface area contributed by atoms with Crippen molar-refractivity contribution in [3.8, 4) is 6.07 Å². The first-order chi connectivity index (χ1) is 6.24. The van der Waals surface area contributed by atoms with Crippen molar-refractivity contribution in [2.75, 3.05) is 0 Å². The molecule has 0 spiro atoms. The Balaban J connectivity index is 2.96. The zero-order valence-corrected chi connectivity index (χ0v) is 9.29. The Hall–Kier alpha value is -0.870. The monoisotopic (exact) mass is 302 g/mol. The van der Waals surface area contributed by atoms with E-state index in [-0.39, 0.29) is 0 Å². The molecule has 0 fully saturated rings. The number of aromatic nitrogens is 1. The second-order valence-corrected chi connectivity index (χ2v) is 5.23. The fourth-order valence-corrected chi connectivity index (χ4v) is 3.01. The molecular weight excluding hydrogens is 299 g/mol. The maximum atomic E-state index is 11.3. The fraction of sp³-hybridized carbons (Fsp3) is 0. The quantitative estimate of drug-likeness (QED) is 0.425. The van der Waals surface area contributed by atoms with Crippen LogP contribution >= 0.6 is 33.9 Å². The van der Waals surface area contributed by atoms with Crippen LogP contribution in [0.5, 0.6) is 0 Å². The average molecular weight is 302 g/mol. The minimum Gasteiger partial charge on any atom is -0.618 e. The Morgan fingerprint density at radius 3 is 3.08 bits per heavy atom. The molecule has 0 aliphatic carbocycles. The largest absolute Gasteiger partial charge is 0.618 e. The topological polar surface area (TPSA) is 50.7 Å². The second-order valence-electron chi connectivity index (χ2n) is 2.42. The third-order valence-corrected chi connectivity index (χ3v) is 3.86. The van der Waals surface area contributed by atoms with E-state index >= 15 is 0 Å². The SMILES string of the molecule is N#Cc1c(I)sc2c1ccc[n+]2[O-]. The van der Waals surface area contributed by atoms with E-state index < -0.39 is 0 Å². The third-order valence-electron chi connectivity index (χ3n) is 1.68. The highest BCUT2D eigenvalue weighted by molar-refractivity contribution is 14.1. The minimum atomic E-state index is 0.600. The highest BCUT2D eigenvalue weighted by atomic mass is 127. The van der Waals surface area contributed by atoms with Crippen molar-refractivity contribution in [3.63, 3.8) is 0 Å². The van der Waals surface area contributed by atoms with Gasteiger partial charge in [-0.05, 0) is 28.7 Å². The molecule has 2 heterocycles. The third kappa shape index (κ3) is 1.26. The molecule has 0 unspecified atom stereocenters. The standard InChI is InChI=1S/C8H3IN2OS/c9-7-6(4-10)5-2-1-3-11(12)8(5)13-7/h1-3H. The average Bonchev–Trinajstić information content (AvgIpc) is 2.43. The molecule has 2 aromatic rings. The summed E-state index contributed by atoms with van der Waals surface area (Å²) in [6.07, 6.45) is 1.44. The Morgan fingerprint density at radius 1 is 1.62 bits per heavy atom. The Morgan fingerprint density at radius 2 is 2.38 bits per heavy atom. The van der Waals surface area contributed by atoms with Crippen LogP contribution in [-0.2, 0) is 0 Å². The number of thiophene rings is 1. The van der Waals surface area contributed by atoms with Crippen LogP contribution in [0.4, 0.5) is 0 Å². The summed E-state index contributed by atoms with van der Waals surface area (Å²) in [5.74, 6) is 0. The van der Waals surface area contributed by atoms with Crippen LogP contribution in [-0.4, -0.2) is 0 Å². The zero-order chi connectivity index (χ0) is 9.42. The van der Waals surface area contributed by atoms with Crippen LogP contribution in [0, 0.1) is 19.4 Å². The first-order valence-corrected chi connectivity index (χ1v) is 5.34. The number of pyridine rings is 1. The van der Waals surface area contributed by atoms with E-state index in [1.165, 1.54) is 17.5 Å². The van der Waals surface area contributed by atoms with Gasteiger partial charge >= 0.3 is 0 Å². The van der Waals surface area contributed by atoms with Crippen molar-refractivity contribution < 1.29 is 4.73 Å². The highest BCUT2D eigenvalue weighted by Gasteiger charge is 2.14. The van der Waals surface area contributed by atoms with Gasteiger partial charge in [-0.1, -0.05) is 11.3 Å². The number of hydrogen-bond acceptors (Lipinski definition) is 3. The molecule has 0 bridgehead atoms. The van der Waals surface area contributed by atoms with E-state index in [0.717, 1.165) is 13.0 Å².